The Morgan fingerprint density at radius 2 is 1.75 bits per heavy atom. The number of rotatable bonds is 6. The fourth-order valence-electron chi connectivity index (χ4n) is 2.68. The number of carbonyl (C=O) groups is 2. The molecule has 2 amide bonds. The zero-order valence-electron chi connectivity index (χ0n) is 16.6. The second-order valence-electron chi connectivity index (χ2n) is 7.22. The number of nitrogens with one attached hydrogen (secondary N) is 1. The van der Waals surface area contributed by atoms with E-state index in [0.717, 1.165) is 5.56 Å². The van der Waals surface area contributed by atoms with Gasteiger partial charge < -0.3 is 16.0 Å². The molecule has 0 unspecified atom stereocenters. The molecule has 0 saturated carbocycles. The normalized spacial score (nSPS) is 10.3. The third kappa shape index (κ3) is 6.48. The number of nitrogens with two attached hydrogens (primary N) is 1. The summed E-state index contributed by atoms with van der Waals surface area (Å²) in [5.74, 6) is -0.430. The third-order valence-corrected chi connectivity index (χ3v) is 4.25. The van der Waals surface area contributed by atoms with Crippen molar-refractivity contribution >= 4 is 42.3 Å². The van der Waals surface area contributed by atoms with Crippen molar-refractivity contribution in [1.29, 1.82) is 0 Å². The highest BCUT2D eigenvalue weighted by Crippen LogP contribution is 2.24. The summed E-state index contributed by atoms with van der Waals surface area (Å²) in [6.07, 6.45) is 3.11. The molecular weight excluding hydrogens is 399 g/mol. The van der Waals surface area contributed by atoms with E-state index in [9.17, 15) is 9.59 Å². The fraction of sp³-hybridized carbons (Fsp3) is 0.350. The molecule has 0 atom stereocenters. The third-order valence-electron chi connectivity index (χ3n) is 4.25. The van der Waals surface area contributed by atoms with Crippen molar-refractivity contribution in [3.8, 4) is 0 Å². The van der Waals surface area contributed by atoms with Gasteiger partial charge in [-0.05, 0) is 42.6 Å². The van der Waals surface area contributed by atoms with E-state index in [1.807, 2.05) is 32.9 Å². The van der Waals surface area contributed by atoms with Gasteiger partial charge in [-0.3, -0.25) is 14.6 Å². The van der Waals surface area contributed by atoms with Gasteiger partial charge in [-0.2, -0.15) is 0 Å². The molecule has 1 heterocycles. The second-order valence-corrected chi connectivity index (χ2v) is 7.22. The number of aryl methyl sites for hydroxylation is 1. The predicted octanol–water partition coefficient (Wildman–Crippen LogP) is 3.54. The van der Waals surface area contributed by atoms with Gasteiger partial charge in [-0.1, -0.05) is 26.0 Å². The molecule has 0 aliphatic rings. The Morgan fingerprint density at radius 1 is 1.14 bits per heavy atom. The van der Waals surface area contributed by atoms with Crippen LogP contribution in [0.3, 0.4) is 0 Å². The molecule has 2 aromatic rings. The molecule has 0 bridgehead atoms. The molecule has 154 valence electrons. The van der Waals surface area contributed by atoms with E-state index in [2.05, 4.69) is 10.3 Å². The van der Waals surface area contributed by atoms with Gasteiger partial charge in [0.15, 0.2) is 0 Å². The van der Waals surface area contributed by atoms with Crippen LogP contribution in [-0.2, 0) is 0 Å². The van der Waals surface area contributed by atoms with E-state index in [1.54, 1.807) is 42.5 Å². The van der Waals surface area contributed by atoms with Crippen molar-refractivity contribution in [2.45, 2.75) is 20.8 Å². The first-order valence-corrected chi connectivity index (χ1v) is 8.52. The lowest BCUT2D eigenvalue weighted by atomic mass is 9.93. The summed E-state index contributed by atoms with van der Waals surface area (Å²) in [6, 6.07) is 8.66. The molecule has 2 rings (SSSR count). The summed E-state index contributed by atoms with van der Waals surface area (Å²) in [5, 5.41) is 2.87. The number of hydrogen-bond acceptors (Lipinski definition) is 4. The summed E-state index contributed by atoms with van der Waals surface area (Å²) in [5.41, 5.74) is 7.89. The van der Waals surface area contributed by atoms with Crippen LogP contribution in [0.4, 0.5) is 5.69 Å². The lowest BCUT2D eigenvalue weighted by molar-refractivity contribution is 0.0741. The first-order valence-electron chi connectivity index (χ1n) is 8.52. The van der Waals surface area contributed by atoms with Crippen LogP contribution in [0.5, 0.6) is 0 Å². The van der Waals surface area contributed by atoms with E-state index in [0.29, 0.717) is 29.9 Å². The van der Waals surface area contributed by atoms with Crippen LogP contribution in [0.1, 0.15) is 40.1 Å². The number of anilines is 1. The van der Waals surface area contributed by atoms with Gasteiger partial charge in [-0.25, -0.2) is 0 Å². The Balaban J connectivity index is 0.00000364. The minimum Gasteiger partial charge on any atom is -0.341 e. The van der Waals surface area contributed by atoms with E-state index in [1.165, 1.54) is 0 Å². The average Bonchev–Trinajstić information content (AvgIpc) is 2.63. The van der Waals surface area contributed by atoms with Gasteiger partial charge in [0.05, 0.1) is 11.3 Å². The quantitative estimate of drug-likeness (QED) is 0.738. The Kier molecular flexibility index (Phi) is 10.2. The topological polar surface area (TPSA) is 88.3 Å². The molecule has 0 aliphatic carbocycles. The summed E-state index contributed by atoms with van der Waals surface area (Å²) in [6.45, 7) is 6.89. The number of aromatic nitrogens is 1. The maximum Gasteiger partial charge on any atom is 0.255 e. The molecular formula is C20H28Cl2N4O2. The molecule has 0 saturated heterocycles. The van der Waals surface area contributed by atoms with Crippen molar-refractivity contribution in [3.05, 3.63) is 59.4 Å². The van der Waals surface area contributed by atoms with E-state index in [4.69, 9.17) is 5.73 Å². The highest BCUT2D eigenvalue weighted by molar-refractivity contribution is 6.09. The number of amides is 2. The fourth-order valence-corrected chi connectivity index (χ4v) is 2.68. The van der Waals surface area contributed by atoms with Crippen LogP contribution in [-0.4, -0.2) is 41.8 Å². The van der Waals surface area contributed by atoms with Crippen molar-refractivity contribution in [2.24, 2.45) is 11.1 Å². The van der Waals surface area contributed by atoms with Crippen LogP contribution in [0, 0.1) is 12.3 Å². The maximum absolute atomic E-state index is 13.0. The molecule has 0 radical (unpaired) electrons. The minimum absolute atomic E-state index is 0. The van der Waals surface area contributed by atoms with Crippen LogP contribution < -0.4 is 11.1 Å². The molecule has 8 heteroatoms. The number of carbonyl (C=O) groups excluding carboxylic acids is 2. The van der Waals surface area contributed by atoms with Crippen LogP contribution in [0.15, 0.2) is 42.7 Å². The van der Waals surface area contributed by atoms with Crippen molar-refractivity contribution in [2.75, 3.05) is 25.5 Å². The summed E-state index contributed by atoms with van der Waals surface area (Å²) >= 11 is 0. The Morgan fingerprint density at radius 3 is 2.32 bits per heavy atom. The molecule has 0 spiro atoms. The number of benzene rings is 1. The molecule has 3 N–H and O–H groups in total. The zero-order chi connectivity index (χ0) is 19.3. The highest BCUT2D eigenvalue weighted by Gasteiger charge is 2.24. The standard InChI is InChI=1S/C20H26N4O2.2ClH/c1-14-6-5-7-16(19(26)24(4)13-20(2,3)12-21)17(14)23-18(25)15-8-10-22-11-9-15;;/h5-11H,12-13,21H2,1-4H3,(H,23,25);2*1H. The van der Waals surface area contributed by atoms with Gasteiger partial charge >= 0.3 is 0 Å². The maximum atomic E-state index is 13.0. The van der Waals surface area contributed by atoms with E-state index >= 15 is 0 Å². The summed E-state index contributed by atoms with van der Waals surface area (Å²) < 4.78 is 0. The lowest BCUT2D eigenvalue weighted by Gasteiger charge is -2.29. The lowest BCUT2D eigenvalue weighted by Crippen LogP contribution is -2.40. The Bertz CT molecular complexity index is 798. The van der Waals surface area contributed by atoms with Crippen LogP contribution in [0.25, 0.3) is 0 Å². The van der Waals surface area contributed by atoms with Crippen LogP contribution in [0.2, 0.25) is 0 Å². The second kappa shape index (κ2) is 11.0. The number of nitrogens with zero attached hydrogens (tertiary/aromatic N) is 2. The van der Waals surface area contributed by atoms with Crippen molar-refractivity contribution in [1.82, 2.24) is 9.88 Å². The average molecular weight is 427 g/mol. The van der Waals surface area contributed by atoms with Gasteiger partial charge in [0.2, 0.25) is 0 Å². The van der Waals surface area contributed by atoms with E-state index in [-0.39, 0.29) is 42.0 Å². The Labute approximate surface area is 178 Å². The first-order chi connectivity index (χ1) is 12.2. The number of halogens is 2. The molecule has 28 heavy (non-hydrogen) atoms. The largest absolute Gasteiger partial charge is 0.341 e. The van der Waals surface area contributed by atoms with Gasteiger partial charge in [0.1, 0.15) is 0 Å². The number of para-hydroxylation sites is 1. The Hall–Kier alpha value is -2.15. The van der Waals surface area contributed by atoms with Gasteiger partial charge in [0, 0.05) is 31.5 Å². The molecule has 1 aromatic heterocycles. The van der Waals surface area contributed by atoms with Crippen LogP contribution >= 0.6 is 24.8 Å². The highest BCUT2D eigenvalue weighted by atomic mass is 35.5. The first kappa shape index (κ1) is 25.9. The molecule has 0 aliphatic heterocycles. The van der Waals surface area contributed by atoms with Gasteiger partial charge in [0.25, 0.3) is 11.8 Å². The molecule has 6 nitrogen and oxygen atoms in total. The monoisotopic (exact) mass is 426 g/mol. The number of pyridine rings is 1. The minimum atomic E-state index is -0.277. The smallest absolute Gasteiger partial charge is 0.255 e. The SMILES string of the molecule is Cc1cccc(C(=O)N(C)CC(C)(C)CN)c1NC(=O)c1ccncc1.Cl.Cl. The van der Waals surface area contributed by atoms with Gasteiger partial charge in [-0.15, -0.1) is 24.8 Å². The number of hydrogen-bond donors (Lipinski definition) is 2. The van der Waals surface area contributed by atoms with Crippen molar-refractivity contribution in [3.63, 3.8) is 0 Å². The predicted molar refractivity (Wildman–Crippen MR) is 118 cm³/mol. The molecule has 0 fully saturated rings. The van der Waals surface area contributed by atoms with Crippen molar-refractivity contribution < 1.29 is 9.59 Å². The summed E-state index contributed by atoms with van der Waals surface area (Å²) in [4.78, 5) is 31.0. The zero-order valence-corrected chi connectivity index (χ0v) is 18.2. The van der Waals surface area contributed by atoms with E-state index < -0.39 is 0 Å². The molecule has 1 aromatic carbocycles. The summed E-state index contributed by atoms with van der Waals surface area (Å²) in [7, 11) is 1.75.